The number of hydrogen-bond acceptors (Lipinski definition) is 7. The predicted octanol–water partition coefficient (Wildman–Crippen LogP) is 5.00. The molecule has 2 aromatic carbocycles. The molecule has 1 atom stereocenters. The van der Waals surface area contributed by atoms with Gasteiger partial charge >= 0.3 is 0 Å². The van der Waals surface area contributed by atoms with E-state index in [2.05, 4.69) is 22.3 Å². The van der Waals surface area contributed by atoms with Crippen LogP contribution < -0.4 is 4.74 Å². The van der Waals surface area contributed by atoms with Crippen LogP contribution in [0.15, 0.2) is 81.8 Å². The number of thioether (sulfide) groups is 1. The van der Waals surface area contributed by atoms with Crippen molar-refractivity contribution in [3.63, 3.8) is 0 Å². The Labute approximate surface area is 171 Å². The monoisotopic (exact) mass is 410 g/mol. The maximum atomic E-state index is 10.2. The Bertz CT molecular complexity index is 986. The number of rotatable bonds is 8. The zero-order valence-electron chi connectivity index (χ0n) is 14.9. The van der Waals surface area contributed by atoms with E-state index in [4.69, 9.17) is 9.15 Å². The van der Waals surface area contributed by atoms with Crippen molar-refractivity contribution in [3.8, 4) is 27.6 Å². The second-order valence-electron chi connectivity index (χ2n) is 6.02. The zero-order valence-corrected chi connectivity index (χ0v) is 16.5. The van der Waals surface area contributed by atoms with Crippen LogP contribution >= 0.6 is 23.1 Å². The minimum absolute atomic E-state index is 0.198. The molecule has 1 unspecified atom stereocenters. The summed E-state index contributed by atoms with van der Waals surface area (Å²) in [6.07, 6.45) is -0.643. The molecule has 142 valence electrons. The molecule has 0 aliphatic carbocycles. The van der Waals surface area contributed by atoms with Crippen molar-refractivity contribution >= 4 is 23.1 Å². The predicted molar refractivity (Wildman–Crippen MR) is 112 cm³/mol. The van der Waals surface area contributed by atoms with Crippen LogP contribution in [0.25, 0.3) is 21.9 Å². The molecule has 0 spiro atoms. The first kappa shape index (κ1) is 18.7. The van der Waals surface area contributed by atoms with Crippen molar-refractivity contribution in [1.29, 1.82) is 0 Å². The molecule has 28 heavy (non-hydrogen) atoms. The fraction of sp³-hybridized carbons (Fsp3) is 0.143. The van der Waals surface area contributed by atoms with Crippen LogP contribution in [0.3, 0.4) is 0 Å². The van der Waals surface area contributed by atoms with Gasteiger partial charge in [0.25, 0.3) is 11.1 Å². The van der Waals surface area contributed by atoms with E-state index in [1.807, 2.05) is 60.0 Å². The van der Waals surface area contributed by atoms with Gasteiger partial charge in [-0.25, -0.2) is 0 Å². The van der Waals surface area contributed by atoms with Crippen molar-refractivity contribution in [3.05, 3.63) is 72.1 Å². The lowest BCUT2D eigenvalue weighted by Crippen LogP contribution is -2.20. The molecule has 0 amide bonds. The third kappa shape index (κ3) is 4.81. The van der Waals surface area contributed by atoms with E-state index in [0.717, 1.165) is 21.8 Å². The topological polar surface area (TPSA) is 68.4 Å². The van der Waals surface area contributed by atoms with Crippen LogP contribution in [0.1, 0.15) is 0 Å². The summed E-state index contributed by atoms with van der Waals surface area (Å²) in [4.78, 5) is 0.933. The highest BCUT2D eigenvalue weighted by atomic mass is 32.2. The van der Waals surface area contributed by atoms with Crippen LogP contribution in [-0.4, -0.2) is 33.8 Å². The Morgan fingerprint density at radius 1 is 0.964 bits per heavy atom. The Kier molecular flexibility index (Phi) is 6.06. The van der Waals surface area contributed by atoms with Gasteiger partial charge in [0.2, 0.25) is 0 Å². The van der Waals surface area contributed by atoms with Crippen molar-refractivity contribution in [2.75, 3.05) is 12.4 Å². The Hall–Kier alpha value is -2.61. The van der Waals surface area contributed by atoms with Crippen molar-refractivity contribution in [2.24, 2.45) is 0 Å². The first-order chi connectivity index (χ1) is 13.8. The van der Waals surface area contributed by atoms with Gasteiger partial charge in [0.15, 0.2) is 0 Å². The van der Waals surface area contributed by atoms with Crippen molar-refractivity contribution in [2.45, 2.75) is 11.3 Å². The highest BCUT2D eigenvalue weighted by molar-refractivity contribution is 7.99. The first-order valence-electron chi connectivity index (χ1n) is 8.74. The molecule has 0 saturated heterocycles. The third-order valence-corrected chi connectivity index (χ3v) is 5.76. The van der Waals surface area contributed by atoms with Crippen LogP contribution in [0.5, 0.6) is 5.75 Å². The number of aromatic nitrogens is 2. The van der Waals surface area contributed by atoms with E-state index in [1.165, 1.54) is 11.8 Å². The molecule has 0 saturated carbocycles. The summed E-state index contributed by atoms with van der Waals surface area (Å²) >= 11 is 2.86. The van der Waals surface area contributed by atoms with Gasteiger partial charge < -0.3 is 14.3 Å². The van der Waals surface area contributed by atoms with Crippen LogP contribution in [0.2, 0.25) is 0 Å². The number of aliphatic hydroxyl groups is 1. The van der Waals surface area contributed by atoms with Crippen LogP contribution in [0, 0.1) is 0 Å². The number of aliphatic hydroxyl groups excluding tert-OH is 1. The number of benzene rings is 2. The average molecular weight is 411 g/mol. The number of ether oxygens (including phenoxy) is 1. The highest BCUT2D eigenvalue weighted by Gasteiger charge is 2.13. The van der Waals surface area contributed by atoms with Crippen molar-refractivity contribution < 1.29 is 14.3 Å². The second-order valence-corrected chi connectivity index (χ2v) is 7.94. The summed E-state index contributed by atoms with van der Waals surface area (Å²) in [6, 6.07) is 21.9. The summed E-state index contributed by atoms with van der Waals surface area (Å²) < 4.78 is 11.3. The van der Waals surface area contributed by atoms with E-state index in [0.29, 0.717) is 16.9 Å². The molecule has 4 aromatic rings. The van der Waals surface area contributed by atoms with E-state index < -0.39 is 6.10 Å². The molecule has 2 heterocycles. The quantitative estimate of drug-likeness (QED) is 0.413. The van der Waals surface area contributed by atoms with Gasteiger partial charge in [-0.3, -0.25) is 0 Å². The van der Waals surface area contributed by atoms with Gasteiger partial charge in [-0.2, -0.15) is 0 Å². The molecule has 0 fully saturated rings. The maximum Gasteiger partial charge on any atom is 0.276 e. The lowest BCUT2D eigenvalue weighted by atomic mass is 10.1. The van der Waals surface area contributed by atoms with Crippen molar-refractivity contribution in [1.82, 2.24) is 10.2 Å². The van der Waals surface area contributed by atoms with Crippen LogP contribution in [-0.2, 0) is 0 Å². The molecular formula is C21H18N2O3S2. The lowest BCUT2D eigenvalue weighted by Gasteiger charge is -2.11. The largest absolute Gasteiger partial charge is 0.491 e. The molecular weight excluding hydrogens is 392 g/mol. The SMILES string of the molecule is OC(COc1ccc(-c2ccccc2)cc1)CSc1nnc(-c2cccs2)o1. The third-order valence-electron chi connectivity index (χ3n) is 3.94. The van der Waals surface area contributed by atoms with E-state index in [-0.39, 0.29) is 6.61 Å². The summed E-state index contributed by atoms with van der Waals surface area (Å²) in [5, 5.41) is 20.6. The van der Waals surface area contributed by atoms with Gasteiger partial charge in [0.05, 0.1) is 11.0 Å². The van der Waals surface area contributed by atoms with E-state index >= 15 is 0 Å². The summed E-state index contributed by atoms with van der Waals surface area (Å²) in [6.45, 7) is 0.198. The summed E-state index contributed by atoms with van der Waals surface area (Å²) in [5.74, 6) is 1.64. The second kappa shape index (κ2) is 9.05. The van der Waals surface area contributed by atoms with Crippen LogP contribution in [0.4, 0.5) is 0 Å². The standard InChI is InChI=1S/C21H18N2O3S2/c24-17(14-28-21-23-22-20(26-21)19-7-4-12-27-19)13-25-18-10-8-16(9-11-18)15-5-2-1-3-6-15/h1-12,17,24H,13-14H2. The smallest absolute Gasteiger partial charge is 0.276 e. The van der Waals surface area contributed by atoms with Gasteiger partial charge in [-0.1, -0.05) is 60.3 Å². The molecule has 5 nitrogen and oxygen atoms in total. The van der Waals surface area contributed by atoms with E-state index in [1.54, 1.807) is 11.3 Å². The normalized spacial score (nSPS) is 12.0. The minimum Gasteiger partial charge on any atom is -0.491 e. The Morgan fingerprint density at radius 3 is 2.50 bits per heavy atom. The average Bonchev–Trinajstić information content (AvgIpc) is 3.43. The molecule has 0 aliphatic heterocycles. The van der Waals surface area contributed by atoms with Gasteiger partial charge in [-0.15, -0.1) is 21.5 Å². The maximum absolute atomic E-state index is 10.2. The number of hydrogen-bond donors (Lipinski definition) is 1. The number of thiophene rings is 1. The molecule has 0 radical (unpaired) electrons. The molecule has 1 N–H and O–H groups in total. The summed E-state index contributed by atoms with van der Waals surface area (Å²) in [7, 11) is 0. The molecule has 4 rings (SSSR count). The Morgan fingerprint density at radius 2 is 1.75 bits per heavy atom. The molecule has 0 bridgehead atoms. The summed E-state index contributed by atoms with van der Waals surface area (Å²) in [5.41, 5.74) is 2.29. The van der Waals surface area contributed by atoms with Gasteiger partial charge in [-0.05, 0) is 34.7 Å². The fourth-order valence-corrected chi connectivity index (χ4v) is 3.86. The zero-order chi connectivity index (χ0) is 19.2. The Balaban J connectivity index is 1.25. The molecule has 0 aliphatic rings. The van der Waals surface area contributed by atoms with Gasteiger partial charge in [0.1, 0.15) is 12.4 Å². The highest BCUT2D eigenvalue weighted by Crippen LogP contribution is 2.27. The molecule has 2 aromatic heterocycles. The minimum atomic E-state index is -0.643. The lowest BCUT2D eigenvalue weighted by molar-refractivity contribution is 0.126. The van der Waals surface area contributed by atoms with Gasteiger partial charge in [0, 0.05) is 5.75 Å². The first-order valence-corrected chi connectivity index (χ1v) is 10.6. The van der Waals surface area contributed by atoms with E-state index in [9.17, 15) is 5.11 Å². The number of nitrogens with zero attached hydrogens (tertiary/aromatic N) is 2. The molecule has 7 heteroatoms. The fourth-order valence-electron chi connectivity index (χ4n) is 2.55.